The Hall–Kier alpha value is -1.82. The summed E-state index contributed by atoms with van der Waals surface area (Å²) < 4.78 is 6.84. The molecule has 1 fully saturated rings. The Morgan fingerprint density at radius 3 is 3.16 bits per heavy atom. The van der Waals surface area contributed by atoms with E-state index in [-0.39, 0.29) is 23.7 Å². The van der Waals surface area contributed by atoms with Crippen LogP contribution in [-0.4, -0.2) is 28.6 Å². The fourth-order valence-corrected chi connectivity index (χ4v) is 2.99. The first-order valence-corrected chi connectivity index (χ1v) is 7.01. The first-order valence-electron chi connectivity index (χ1n) is 6.13. The van der Waals surface area contributed by atoms with Crippen LogP contribution in [0.2, 0.25) is 0 Å². The van der Waals surface area contributed by atoms with Gasteiger partial charge in [0.25, 0.3) is 0 Å². The number of thiazole rings is 1. The highest BCUT2D eigenvalue weighted by molar-refractivity contribution is 7.17. The van der Waals surface area contributed by atoms with E-state index >= 15 is 0 Å². The van der Waals surface area contributed by atoms with E-state index in [1.807, 2.05) is 6.92 Å². The largest absolute Gasteiger partial charge is 0.508 e. The Balaban J connectivity index is 1.84. The zero-order valence-corrected chi connectivity index (χ0v) is 11.2. The summed E-state index contributed by atoms with van der Waals surface area (Å²) in [7, 11) is 0. The number of carbonyl (C=O) groups is 1. The van der Waals surface area contributed by atoms with Gasteiger partial charge in [-0.2, -0.15) is 0 Å². The highest BCUT2D eigenvalue weighted by atomic mass is 32.1. The molecule has 0 radical (unpaired) electrons. The van der Waals surface area contributed by atoms with Crippen LogP contribution in [0.3, 0.4) is 0 Å². The zero-order chi connectivity index (χ0) is 13.4. The lowest BCUT2D eigenvalue weighted by molar-refractivity contribution is -0.119. The van der Waals surface area contributed by atoms with E-state index in [0.29, 0.717) is 18.7 Å². The number of phenolic OH excluding ortho intramolecular Hbond substituents is 1. The first kappa shape index (κ1) is 12.2. The third-order valence-electron chi connectivity index (χ3n) is 3.37. The minimum atomic E-state index is -0.0916. The van der Waals surface area contributed by atoms with Crippen molar-refractivity contribution in [3.8, 4) is 11.5 Å². The van der Waals surface area contributed by atoms with Gasteiger partial charge in [0.2, 0.25) is 5.91 Å². The molecule has 0 saturated carbocycles. The zero-order valence-electron chi connectivity index (χ0n) is 10.4. The molecule has 19 heavy (non-hydrogen) atoms. The van der Waals surface area contributed by atoms with E-state index in [1.54, 1.807) is 17.6 Å². The maximum absolute atomic E-state index is 11.2. The molecule has 1 aromatic carbocycles. The second-order valence-electron chi connectivity index (χ2n) is 4.74. The van der Waals surface area contributed by atoms with Crippen LogP contribution in [0.25, 0.3) is 10.2 Å². The van der Waals surface area contributed by atoms with Crippen LogP contribution < -0.4 is 10.1 Å². The van der Waals surface area contributed by atoms with Crippen molar-refractivity contribution < 1.29 is 14.6 Å². The molecule has 3 rings (SSSR count). The molecule has 1 amide bonds. The van der Waals surface area contributed by atoms with Crippen LogP contribution >= 0.6 is 11.3 Å². The fourth-order valence-electron chi connectivity index (χ4n) is 2.27. The number of phenols is 1. The topological polar surface area (TPSA) is 71.5 Å². The van der Waals surface area contributed by atoms with Gasteiger partial charge in [-0.15, -0.1) is 11.3 Å². The molecule has 2 heterocycles. The fraction of sp³-hybridized carbons (Fsp3) is 0.385. The molecule has 2 N–H and O–H groups in total. The summed E-state index contributed by atoms with van der Waals surface area (Å²) in [6, 6.07) is 3.21. The molecule has 5 nitrogen and oxygen atoms in total. The van der Waals surface area contributed by atoms with Crippen molar-refractivity contribution in [1.82, 2.24) is 10.3 Å². The van der Waals surface area contributed by atoms with Crippen LogP contribution in [0.4, 0.5) is 0 Å². The van der Waals surface area contributed by atoms with Gasteiger partial charge in [-0.25, -0.2) is 4.98 Å². The molecule has 1 unspecified atom stereocenters. The molecule has 1 aliphatic heterocycles. The van der Waals surface area contributed by atoms with Crippen molar-refractivity contribution in [3.05, 3.63) is 17.6 Å². The number of carbonyl (C=O) groups excluding carboxylic acids is 1. The number of aromatic nitrogens is 1. The van der Waals surface area contributed by atoms with Crippen molar-refractivity contribution in [2.75, 3.05) is 6.54 Å². The number of hydrogen-bond acceptors (Lipinski definition) is 5. The van der Waals surface area contributed by atoms with Gasteiger partial charge in [-0.3, -0.25) is 4.79 Å². The van der Waals surface area contributed by atoms with Gasteiger partial charge < -0.3 is 15.2 Å². The Bertz CT molecular complexity index is 625. The van der Waals surface area contributed by atoms with Crippen LogP contribution in [0.5, 0.6) is 11.5 Å². The summed E-state index contributed by atoms with van der Waals surface area (Å²) in [6.45, 7) is 2.59. The smallest absolute Gasteiger partial charge is 0.220 e. The van der Waals surface area contributed by atoms with Crippen molar-refractivity contribution in [3.63, 3.8) is 0 Å². The molecule has 2 atom stereocenters. The van der Waals surface area contributed by atoms with Gasteiger partial charge in [-0.1, -0.05) is 0 Å². The summed E-state index contributed by atoms with van der Waals surface area (Å²) in [5, 5.41) is 12.5. The molecule has 0 aliphatic carbocycles. The van der Waals surface area contributed by atoms with Crippen LogP contribution in [0.1, 0.15) is 13.3 Å². The molecule has 1 saturated heterocycles. The molecule has 1 aromatic heterocycles. The molecule has 2 aromatic rings. The number of benzene rings is 1. The number of amides is 1. The number of hydrogen-bond donors (Lipinski definition) is 2. The van der Waals surface area contributed by atoms with Gasteiger partial charge in [-0.05, 0) is 6.92 Å². The predicted molar refractivity (Wildman–Crippen MR) is 72.5 cm³/mol. The summed E-state index contributed by atoms with van der Waals surface area (Å²) >= 11 is 1.48. The van der Waals surface area contributed by atoms with E-state index in [1.165, 1.54) is 11.3 Å². The van der Waals surface area contributed by atoms with E-state index in [2.05, 4.69) is 10.3 Å². The Kier molecular flexibility index (Phi) is 3.02. The van der Waals surface area contributed by atoms with Gasteiger partial charge in [0.05, 0.1) is 15.7 Å². The number of aromatic hydroxyl groups is 1. The number of rotatable bonds is 3. The predicted octanol–water partition coefficient (Wildman–Crippen LogP) is 1.91. The lowest BCUT2D eigenvalue weighted by atomic mass is 10.0. The second-order valence-corrected chi connectivity index (χ2v) is 5.59. The van der Waals surface area contributed by atoms with Gasteiger partial charge >= 0.3 is 0 Å². The summed E-state index contributed by atoms with van der Waals surface area (Å²) in [5.41, 5.74) is 2.45. The summed E-state index contributed by atoms with van der Waals surface area (Å²) in [6.07, 6.45) is 0.400. The number of fused-ring (bicyclic) bond motifs is 1. The van der Waals surface area contributed by atoms with Crippen LogP contribution in [0, 0.1) is 5.92 Å². The quantitative estimate of drug-likeness (QED) is 0.899. The third kappa shape index (κ3) is 2.35. The highest BCUT2D eigenvalue weighted by Gasteiger charge is 2.28. The van der Waals surface area contributed by atoms with E-state index in [4.69, 9.17) is 4.74 Å². The van der Waals surface area contributed by atoms with E-state index < -0.39 is 0 Å². The third-order valence-corrected chi connectivity index (χ3v) is 4.22. The molecular formula is C13H14N2O3S. The maximum Gasteiger partial charge on any atom is 0.220 e. The standard InChI is InChI=1S/C13H14N2O3S/c1-7(8-2-12(17)14-5-8)18-11-4-9(16)3-10-13(11)19-6-15-10/h3-4,6-8,16H,2,5H2,1H3,(H,14,17)/t7-,8?/m1/s1. The van der Waals surface area contributed by atoms with Crippen molar-refractivity contribution in [1.29, 1.82) is 0 Å². The monoisotopic (exact) mass is 278 g/mol. The highest BCUT2D eigenvalue weighted by Crippen LogP contribution is 2.34. The van der Waals surface area contributed by atoms with Gasteiger partial charge in [0.15, 0.2) is 0 Å². The average Bonchev–Trinajstić information content (AvgIpc) is 2.97. The number of nitrogens with one attached hydrogen (secondary N) is 1. The normalized spacial score (nSPS) is 20.5. The SMILES string of the molecule is C[C@@H](Oc1cc(O)cc2ncsc12)C1CNC(=O)C1. The van der Waals surface area contributed by atoms with Gasteiger partial charge in [0, 0.05) is 31.0 Å². The van der Waals surface area contributed by atoms with Crippen LogP contribution in [-0.2, 0) is 4.79 Å². The Labute approximate surface area is 114 Å². The Morgan fingerprint density at radius 2 is 2.42 bits per heavy atom. The minimum Gasteiger partial charge on any atom is -0.508 e. The van der Waals surface area contributed by atoms with Crippen molar-refractivity contribution in [2.45, 2.75) is 19.4 Å². The number of ether oxygens (including phenoxy) is 1. The molecule has 1 aliphatic rings. The molecular weight excluding hydrogens is 264 g/mol. The van der Waals surface area contributed by atoms with Crippen LogP contribution in [0.15, 0.2) is 17.6 Å². The first-order chi connectivity index (χ1) is 9.13. The summed E-state index contributed by atoms with van der Waals surface area (Å²) in [4.78, 5) is 15.4. The van der Waals surface area contributed by atoms with E-state index in [9.17, 15) is 9.90 Å². The second kappa shape index (κ2) is 4.70. The maximum atomic E-state index is 11.2. The molecule has 0 spiro atoms. The van der Waals surface area contributed by atoms with E-state index in [0.717, 1.165) is 10.2 Å². The molecule has 6 heteroatoms. The molecule has 100 valence electrons. The minimum absolute atomic E-state index is 0.0688. The lowest BCUT2D eigenvalue weighted by Gasteiger charge is -2.19. The molecule has 0 bridgehead atoms. The van der Waals surface area contributed by atoms with Gasteiger partial charge in [0.1, 0.15) is 17.6 Å². The summed E-state index contributed by atoms with van der Waals surface area (Å²) in [5.74, 6) is 1.00. The average molecular weight is 278 g/mol. The van der Waals surface area contributed by atoms with Crippen molar-refractivity contribution >= 4 is 27.5 Å². The van der Waals surface area contributed by atoms with Crippen molar-refractivity contribution in [2.24, 2.45) is 5.92 Å². The lowest BCUT2D eigenvalue weighted by Crippen LogP contribution is -2.25. The Morgan fingerprint density at radius 1 is 1.58 bits per heavy atom. The number of nitrogens with zero attached hydrogens (tertiary/aromatic N) is 1.